The third-order valence-corrected chi connectivity index (χ3v) is 4.90. The number of alkyl halides is 6. The molecule has 1 aliphatic heterocycles. The molecule has 3 rings (SSSR count). The van der Waals surface area contributed by atoms with Crippen LogP contribution in [-0.4, -0.2) is 32.3 Å². The van der Waals surface area contributed by atoms with Crippen molar-refractivity contribution in [3.8, 4) is 5.75 Å². The lowest BCUT2D eigenvalue weighted by Gasteiger charge is -2.25. The number of amides is 3. The molecule has 0 aromatic heterocycles. The summed E-state index contributed by atoms with van der Waals surface area (Å²) in [5.41, 5.74) is -5.05. The highest BCUT2D eigenvalue weighted by atomic mass is 35.5. The van der Waals surface area contributed by atoms with Crippen molar-refractivity contribution < 1.29 is 45.1 Å². The standard InChI is InChI=1S/C19H13ClF7N3O3/c1-29(12-4-2-3-11(20)14(12)21)17(32)33-15-10(19(25,26)27)7-9(18(22,23)24)8-13(15)30-6-5-28-16(30)31/h2-4,7-8H,5-6H2,1H3,(H,28,31). The van der Waals surface area contributed by atoms with Gasteiger partial charge in [0.1, 0.15) is 5.56 Å². The van der Waals surface area contributed by atoms with Gasteiger partial charge >= 0.3 is 24.5 Å². The van der Waals surface area contributed by atoms with Gasteiger partial charge in [-0.25, -0.2) is 14.0 Å². The van der Waals surface area contributed by atoms with Crippen molar-refractivity contribution in [1.29, 1.82) is 0 Å². The van der Waals surface area contributed by atoms with Crippen molar-refractivity contribution >= 4 is 35.1 Å². The first-order chi connectivity index (χ1) is 15.2. The molecule has 2 aromatic carbocycles. The molecule has 1 N–H and O–H groups in total. The summed E-state index contributed by atoms with van der Waals surface area (Å²) in [7, 11) is 0.955. The topological polar surface area (TPSA) is 61.9 Å². The van der Waals surface area contributed by atoms with Gasteiger partial charge in [-0.3, -0.25) is 9.80 Å². The molecule has 14 heteroatoms. The van der Waals surface area contributed by atoms with Crippen LogP contribution in [0.5, 0.6) is 5.75 Å². The van der Waals surface area contributed by atoms with Gasteiger partial charge in [0.05, 0.1) is 22.0 Å². The molecule has 0 aliphatic carbocycles. The molecule has 0 unspecified atom stereocenters. The summed E-state index contributed by atoms with van der Waals surface area (Å²) in [5.74, 6) is -2.42. The van der Waals surface area contributed by atoms with Crippen molar-refractivity contribution in [3.05, 3.63) is 52.3 Å². The molecule has 33 heavy (non-hydrogen) atoms. The van der Waals surface area contributed by atoms with Crippen LogP contribution >= 0.6 is 11.6 Å². The lowest BCUT2D eigenvalue weighted by atomic mass is 10.1. The van der Waals surface area contributed by atoms with E-state index in [1.165, 1.54) is 6.07 Å². The van der Waals surface area contributed by atoms with Gasteiger partial charge in [0, 0.05) is 20.1 Å². The maximum absolute atomic E-state index is 14.2. The van der Waals surface area contributed by atoms with Crippen LogP contribution in [0.3, 0.4) is 0 Å². The highest BCUT2D eigenvalue weighted by Gasteiger charge is 2.43. The zero-order valence-corrected chi connectivity index (χ0v) is 17.2. The summed E-state index contributed by atoms with van der Waals surface area (Å²) in [6.07, 6.45) is -12.2. The number of carbonyl (C=O) groups is 2. The minimum atomic E-state index is -5.40. The molecule has 1 heterocycles. The second-order valence-electron chi connectivity index (χ2n) is 6.75. The number of anilines is 2. The molecule has 1 saturated heterocycles. The van der Waals surface area contributed by atoms with Gasteiger partial charge in [0.2, 0.25) is 0 Å². The van der Waals surface area contributed by atoms with Crippen LogP contribution in [0.1, 0.15) is 11.1 Å². The fourth-order valence-electron chi connectivity index (χ4n) is 3.00. The molecule has 1 fully saturated rings. The second kappa shape index (κ2) is 8.61. The first-order valence-corrected chi connectivity index (χ1v) is 9.37. The quantitative estimate of drug-likeness (QED) is 0.553. The molecule has 0 bridgehead atoms. The van der Waals surface area contributed by atoms with Crippen LogP contribution in [0, 0.1) is 5.82 Å². The van der Waals surface area contributed by atoms with E-state index in [9.17, 15) is 40.3 Å². The van der Waals surface area contributed by atoms with Crippen LogP contribution in [0.2, 0.25) is 5.02 Å². The van der Waals surface area contributed by atoms with E-state index in [-0.39, 0.29) is 25.2 Å². The Kier molecular flexibility index (Phi) is 6.37. The van der Waals surface area contributed by atoms with E-state index >= 15 is 0 Å². The Hall–Kier alpha value is -3.22. The van der Waals surface area contributed by atoms with Gasteiger partial charge in [-0.05, 0) is 24.3 Å². The summed E-state index contributed by atoms with van der Waals surface area (Å²) >= 11 is 5.64. The number of benzene rings is 2. The maximum atomic E-state index is 14.2. The Morgan fingerprint density at radius 2 is 1.82 bits per heavy atom. The zero-order chi connectivity index (χ0) is 24.7. The zero-order valence-electron chi connectivity index (χ0n) is 16.4. The van der Waals surface area contributed by atoms with E-state index in [2.05, 4.69) is 5.32 Å². The molecule has 3 amide bonds. The summed E-state index contributed by atoms with van der Waals surface area (Å²) < 4.78 is 100. The average Bonchev–Trinajstić information content (AvgIpc) is 3.13. The molecule has 0 spiro atoms. The van der Waals surface area contributed by atoms with Gasteiger partial charge in [0.15, 0.2) is 11.6 Å². The van der Waals surface area contributed by atoms with Gasteiger partial charge in [-0.15, -0.1) is 0 Å². The Labute approximate surface area is 186 Å². The number of rotatable bonds is 3. The van der Waals surface area contributed by atoms with E-state index in [0.717, 1.165) is 19.2 Å². The minimum absolute atomic E-state index is 0.0720. The highest BCUT2D eigenvalue weighted by molar-refractivity contribution is 6.31. The fraction of sp³-hybridized carbons (Fsp3) is 0.263. The predicted molar refractivity (Wildman–Crippen MR) is 103 cm³/mol. The number of hydrogen-bond donors (Lipinski definition) is 1. The van der Waals surface area contributed by atoms with Crippen LogP contribution in [-0.2, 0) is 12.4 Å². The second-order valence-corrected chi connectivity index (χ2v) is 7.16. The van der Waals surface area contributed by atoms with E-state index in [1.807, 2.05) is 0 Å². The van der Waals surface area contributed by atoms with Crippen molar-refractivity contribution in [1.82, 2.24) is 5.32 Å². The van der Waals surface area contributed by atoms with Gasteiger partial charge in [-0.2, -0.15) is 26.3 Å². The summed E-state index contributed by atoms with van der Waals surface area (Å²) in [5, 5.41) is 1.84. The van der Waals surface area contributed by atoms with E-state index in [4.69, 9.17) is 16.3 Å². The SMILES string of the molecule is CN(C(=O)Oc1c(N2CCNC2=O)cc(C(F)(F)F)cc1C(F)(F)F)c1cccc(Cl)c1F. The number of carbonyl (C=O) groups excluding carboxylic acids is 2. The van der Waals surface area contributed by atoms with Crippen molar-refractivity contribution in [2.75, 3.05) is 29.9 Å². The van der Waals surface area contributed by atoms with E-state index in [0.29, 0.717) is 9.80 Å². The van der Waals surface area contributed by atoms with E-state index < -0.39 is 63.6 Å². The molecular formula is C19H13ClF7N3O3. The number of halogens is 8. The Balaban J connectivity index is 2.15. The molecule has 2 aromatic rings. The first kappa shape index (κ1) is 24.4. The molecule has 178 valence electrons. The van der Waals surface area contributed by atoms with Crippen molar-refractivity contribution in [2.45, 2.75) is 12.4 Å². The molecule has 0 radical (unpaired) electrons. The van der Waals surface area contributed by atoms with Crippen LogP contribution < -0.4 is 19.9 Å². The van der Waals surface area contributed by atoms with Gasteiger partial charge in [-0.1, -0.05) is 17.7 Å². The molecule has 0 atom stereocenters. The van der Waals surface area contributed by atoms with Crippen LogP contribution in [0.15, 0.2) is 30.3 Å². The highest BCUT2D eigenvalue weighted by Crippen LogP contribution is 2.46. The van der Waals surface area contributed by atoms with Gasteiger partial charge < -0.3 is 10.1 Å². The lowest BCUT2D eigenvalue weighted by molar-refractivity contribution is -0.143. The number of urea groups is 1. The third kappa shape index (κ3) is 4.92. The maximum Gasteiger partial charge on any atom is 0.420 e. The summed E-state index contributed by atoms with van der Waals surface area (Å²) in [6, 6.07) is 2.52. The summed E-state index contributed by atoms with van der Waals surface area (Å²) in [6.45, 7) is -0.363. The molecule has 6 nitrogen and oxygen atoms in total. The normalized spacial score (nSPS) is 14.3. The van der Waals surface area contributed by atoms with E-state index in [1.54, 1.807) is 0 Å². The Bertz CT molecular complexity index is 1110. The third-order valence-electron chi connectivity index (χ3n) is 4.61. The molecular weight excluding hydrogens is 487 g/mol. The Morgan fingerprint density at radius 1 is 1.15 bits per heavy atom. The average molecular weight is 500 g/mol. The van der Waals surface area contributed by atoms with Crippen molar-refractivity contribution in [2.24, 2.45) is 0 Å². The Morgan fingerprint density at radius 3 is 2.36 bits per heavy atom. The monoisotopic (exact) mass is 499 g/mol. The number of ether oxygens (including phenoxy) is 1. The van der Waals surface area contributed by atoms with Crippen molar-refractivity contribution in [3.63, 3.8) is 0 Å². The number of nitrogens with zero attached hydrogens (tertiary/aromatic N) is 2. The van der Waals surface area contributed by atoms with Crippen LogP contribution in [0.25, 0.3) is 0 Å². The number of nitrogens with one attached hydrogen (secondary N) is 1. The number of hydrogen-bond acceptors (Lipinski definition) is 3. The smallest absolute Gasteiger partial charge is 0.407 e. The summed E-state index contributed by atoms with van der Waals surface area (Å²) in [4.78, 5) is 25.6. The first-order valence-electron chi connectivity index (χ1n) is 8.99. The minimum Gasteiger partial charge on any atom is -0.407 e. The van der Waals surface area contributed by atoms with Crippen LogP contribution in [0.4, 0.5) is 51.7 Å². The molecule has 1 aliphatic rings. The molecule has 0 saturated carbocycles. The predicted octanol–water partition coefficient (Wildman–Crippen LogP) is 5.68. The van der Waals surface area contributed by atoms with Gasteiger partial charge in [0.25, 0.3) is 0 Å². The largest absolute Gasteiger partial charge is 0.420 e. The fourth-order valence-corrected chi connectivity index (χ4v) is 3.17. The lowest BCUT2D eigenvalue weighted by Crippen LogP contribution is -2.33.